The van der Waals surface area contributed by atoms with Gasteiger partial charge in [-0.05, 0) is 36.2 Å². The van der Waals surface area contributed by atoms with Crippen molar-refractivity contribution in [2.45, 2.75) is 25.5 Å². The quantitative estimate of drug-likeness (QED) is 0.778. The third kappa shape index (κ3) is 2.93. The summed E-state index contributed by atoms with van der Waals surface area (Å²) in [6.07, 6.45) is 3.45. The number of benzene rings is 2. The van der Waals surface area contributed by atoms with Crippen LogP contribution in [0.4, 0.5) is 5.69 Å². The molecule has 0 saturated heterocycles. The third-order valence-electron chi connectivity index (χ3n) is 4.97. The number of hydrogen-bond donors (Lipinski definition) is 1. The van der Waals surface area contributed by atoms with Gasteiger partial charge >= 0.3 is 0 Å². The van der Waals surface area contributed by atoms with Gasteiger partial charge in [-0.2, -0.15) is 0 Å². The number of anilines is 1. The van der Waals surface area contributed by atoms with E-state index in [1.165, 1.54) is 0 Å². The Labute approximate surface area is 156 Å². The number of para-hydroxylation sites is 2. The smallest absolute Gasteiger partial charge is 0.269 e. The van der Waals surface area contributed by atoms with Crippen molar-refractivity contribution in [1.82, 2.24) is 9.55 Å². The van der Waals surface area contributed by atoms with Gasteiger partial charge in [-0.25, -0.2) is 4.98 Å². The van der Waals surface area contributed by atoms with E-state index in [1.807, 2.05) is 48.7 Å². The first-order chi connectivity index (χ1) is 13.3. The van der Waals surface area contributed by atoms with E-state index in [1.54, 1.807) is 6.07 Å². The number of ether oxygens (including phenoxy) is 2. The first-order valence-corrected chi connectivity index (χ1v) is 9.12. The molecule has 3 aromatic rings. The molecule has 6 heteroatoms. The van der Waals surface area contributed by atoms with Gasteiger partial charge in [-0.1, -0.05) is 24.3 Å². The minimum atomic E-state index is -0.669. The van der Waals surface area contributed by atoms with Gasteiger partial charge in [0.2, 0.25) is 6.10 Å². The van der Waals surface area contributed by atoms with Crippen LogP contribution in [0, 0.1) is 0 Å². The van der Waals surface area contributed by atoms with E-state index in [2.05, 4.69) is 14.9 Å². The van der Waals surface area contributed by atoms with Crippen LogP contribution in [-0.4, -0.2) is 28.2 Å². The van der Waals surface area contributed by atoms with Crippen LogP contribution in [-0.2, 0) is 17.8 Å². The summed E-state index contributed by atoms with van der Waals surface area (Å²) in [4.78, 5) is 17.0. The van der Waals surface area contributed by atoms with E-state index >= 15 is 0 Å². The largest absolute Gasteiger partial charge is 0.485 e. The van der Waals surface area contributed by atoms with Crippen molar-refractivity contribution < 1.29 is 14.3 Å². The molecular formula is C21H19N3O3. The molecule has 3 heterocycles. The molecule has 0 aliphatic carbocycles. The van der Waals surface area contributed by atoms with E-state index in [4.69, 9.17) is 9.47 Å². The first-order valence-electron chi connectivity index (χ1n) is 9.12. The number of aryl methyl sites for hydroxylation is 1. The SMILES string of the molecule is O=C(Nc1ccc(-c2cnc3n2CCC3)cc1)[C@@H]1COc2ccccc2O1. The molecule has 0 bridgehead atoms. The Bertz CT molecular complexity index is 994. The lowest BCUT2D eigenvalue weighted by Crippen LogP contribution is -2.40. The first kappa shape index (κ1) is 15.9. The highest BCUT2D eigenvalue weighted by Crippen LogP contribution is 2.31. The molecule has 1 N–H and O–H groups in total. The molecular weight excluding hydrogens is 342 g/mol. The lowest BCUT2D eigenvalue weighted by Gasteiger charge is -2.25. The number of carbonyl (C=O) groups is 1. The fourth-order valence-electron chi connectivity index (χ4n) is 3.58. The summed E-state index contributed by atoms with van der Waals surface area (Å²) in [6, 6.07) is 15.2. The summed E-state index contributed by atoms with van der Waals surface area (Å²) in [7, 11) is 0. The zero-order valence-electron chi connectivity index (χ0n) is 14.7. The van der Waals surface area contributed by atoms with Crippen LogP contribution in [0.25, 0.3) is 11.3 Å². The van der Waals surface area contributed by atoms with Gasteiger partial charge in [-0.15, -0.1) is 0 Å². The third-order valence-corrected chi connectivity index (χ3v) is 4.97. The Morgan fingerprint density at radius 1 is 1.11 bits per heavy atom. The van der Waals surface area contributed by atoms with Crippen molar-refractivity contribution in [3.8, 4) is 22.8 Å². The minimum absolute atomic E-state index is 0.197. The Morgan fingerprint density at radius 3 is 2.78 bits per heavy atom. The van der Waals surface area contributed by atoms with Crippen molar-refractivity contribution in [3.05, 3.63) is 60.6 Å². The second kappa shape index (κ2) is 6.46. The molecule has 2 aromatic carbocycles. The van der Waals surface area contributed by atoms with Gasteiger partial charge in [0.15, 0.2) is 11.5 Å². The van der Waals surface area contributed by atoms with E-state index in [9.17, 15) is 4.79 Å². The lowest BCUT2D eigenvalue weighted by molar-refractivity contribution is -0.125. The molecule has 1 atom stereocenters. The van der Waals surface area contributed by atoms with Gasteiger partial charge in [0, 0.05) is 18.7 Å². The molecule has 136 valence electrons. The standard InChI is InChI=1S/C21H19N3O3/c25-21(19-13-26-17-4-1-2-5-18(17)27-19)23-15-9-7-14(8-10-15)16-12-22-20-6-3-11-24(16)20/h1-2,4-5,7-10,12,19H,3,6,11,13H2,(H,23,25)/t19-/m0/s1. The monoisotopic (exact) mass is 361 g/mol. The fraction of sp³-hybridized carbons (Fsp3) is 0.238. The van der Waals surface area contributed by atoms with Crippen LogP contribution in [0.15, 0.2) is 54.7 Å². The van der Waals surface area contributed by atoms with Gasteiger partial charge < -0.3 is 19.4 Å². The summed E-state index contributed by atoms with van der Waals surface area (Å²) < 4.78 is 13.6. The van der Waals surface area contributed by atoms with E-state index in [0.717, 1.165) is 42.2 Å². The average Bonchev–Trinajstić information content (AvgIpc) is 3.32. The number of fused-ring (bicyclic) bond motifs is 2. The Balaban J connectivity index is 1.28. The van der Waals surface area contributed by atoms with Crippen molar-refractivity contribution in [1.29, 1.82) is 0 Å². The lowest BCUT2D eigenvalue weighted by atomic mass is 10.1. The number of rotatable bonds is 3. The van der Waals surface area contributed by atoms with Crippen LogP contribution >= 0.6 is 0 Å². The summed E-state index contributed by atoms with van der Waals surface area (Å²) >= 11 is 0. The Hall–Kier alpha value is -3.28. The minimum Gasteiger partial charge on any atom is -0.485 e. The normalized spacial score (nSPS) is 17.4. The molecule has 0 spiro atoms. The number of amides is 1. The van der Waals surface area contributed by atoms with Crippen molar-refractivity contribution >= 4 is 11.6 Å². The maximum Gasteiger partial charge on any atom is 0.269 e. The second-order valence-corrected chi connectivity index (χ2v) is 6.75. The van der Waals surface area contributed by atoms with Crippen LogP contribution in [0.5, 0.6) is 11.5 Å². The highest BCUT2D eigenvalue weighted by molar-refractivity contribution is 5.95. The predicted octanol–water partition coefficient (Wildman–Crippen LogP) is 3.27. The number of nitrogens with one attached hydrogen (secondary N) is 1. The predicted molar refractivity (Wildman–Crippen MR) is 101 cm³/mol. The number of aromatic nitrogens is 2. The van der Waals surface area contributed by atoms with Crippen molar-refractivity contribution in [2.75, 3.05) is 11.9 Å². The van der Waals surface area contributed by atoms with Crippen molar-refractivity contribution in [3.63, 3.8) is 0 Å². The number of carbonyl (C=O) groups excluding carboxylic acids is 1. The van der Waals surface area contributed by atoms with Gasteiger partial charge in [0.1, 0.15) is 12.4 Å². The van der Waals surface area contributed by atoms with Gasteiger partial charge in [-0.3, -0.25) is 4.79 Å². The van der Waals surface area contributed by atoms with Crippen LogP contribution < -0.4 is 14.8 Å². The molecule has 0 radical (unpaired) electrons. The molecule has 0 saturated carbocycles. The van der Waals surface area contributed by atoms with Crippen LogP contribution in [0.2, 0.25) is 0 Å². The van der Waals surface area contributed by atoms with E-state index < -0.39 is 6.10 Å². The average molecular weight is 361 g/mol. The highest BCUT2D eigenvalue weighted by atomic mass is 16.6. The maximum atomic E-state index is 12.5. The summed E-state index contributed by atoms with van der Waals surface area (Å²) in [6.45, 7) is 1.21. The zero-order valence-corrected chi connectivity index (χ0v) is 14.7. The molecule has 2 aliphatic heterocycles. The zero-order chi connectivity index (χ0) is 18.2. The van der Waals surface area contributed by atoms with Gasteiger partial charge in [0.05, 0.1) is 11.9 Å². The number of nitrogens with zero attached hydrogens (tertiary/aromatic N) is 2. The molecule has 6 nitrogen and oxygen atoms in total. The molecule has 1 aromatic heterocycles. The maximum absolute atomic E-state index is 12.5. The topological polar surface area (TPSA) is 65.4 Å². The van der Waals surface area contributed by atoms with E-state index in [0.29, 0.717) is 11.5 Å². The summed E-state index contributed by atoms with van der Waals surface area (Å²) in [5.41, 5.74) is 2.95. The van der Waals surface area contributed by atoms with Crippen LogP contribution in [0.1, 0.15) is 12.2 Å². The van der Waals surface area contributed by atoms with Crippen LogP contribution in [0.3, 0.4) is 0 Å². The molecule has 27 heavy (non-hydrogen) atoms. The molecule has 1 amide bonds. The molecule has 2 aliphatic rings. The fourth-order valence-corrected chi connectivity index (χ4v) is 3.58. The Morgan fingerprint density at radius 2 is 1.93 bits per heavy atom. The molecule has 0 unspecified atom stereocenters. The molecule has 5 rings (SSSR count). The number of hydrogen-bond acceptors (Lipinski definition) is 4. The second-order valence-electron chi connectivity index (χ2n) is 6.75. The van der Waals surface area contributed by atoms with Crippen molar-refractivity contribution in [2.24, 2.45) is 0 Å². The van der Waals surface area contributed by atoms with E-state index in [-0.39, 0.29) is 12.5 Å². The molecule has 0 fully saturated rings. The number of imidazole rings is 1. The summed E-state index contributed by atoms with van der Waals surface area (Å²) in [5, 5.41) is 2.90. The Kier molecular flexibility index (Phi) is 3.81. The summed E-state index contributed by atoms with van der Waals surface area (Å²) in [5.74, 6) is 2.19. The highest BCUT2D eigenvalue weighted by Gasteiger charge is 2.27. The van der Waals surface area contributed by atoms with Gasteiger partial charge in [0.25, 0.3) is 5.91 Å².